The van der Waals surface area contributed by atoms with Crippen molar-refractivity contribution in [3.8, 4) is 5.75 Å². The van der Waals surface area contributed by atoms with E-state index in [-0.39, 0.29) is 0 Å². The van der Waals surface area contributed by atoms with Gasteiger partial charge in [-0.3, -0.25) is 0 Å². The van der Waals surface area contributed by atoms with E-state index in [1.165, 1.54) is 31.2 Å². The highest BCUT2D eigenvalue weighted by molar-refractivity contribution is 5.33. The number of hydrogen-bond donors (Lipinski definition) is 1. The van der Waals surface area contributed by atoms with Crippen LogP contribution in [-0.4, -0.2) is 19.7 Å². The third kappa shape index (κ3) is 5.09. The fourth-order valence-corrected chi connectivity index (χ4v) is 2.34. The minimum atomic E-state index is 0.567. The summed E-state index contributed by atoms with van der Waals surface area (Å²) in [5.41, 5.74) is 1.31. The molecule has 102 valence electrons. The number of methoxy groups -OCH3 is 1. The Morgan fingerprint density at radius 3 is 2.61 bits per heavy atom. The van der Waals surface area contributed by atoms with E-state index in [4.69, 9.17) is 4.74 Å². The molecule has 0 aromatic heterocycles. The third-order valence-corrected chi connectivity index (χ3v) is 3.31. The molecule has 0 radical (unpaired) electrons. The molecule has 0 aliphatic rings. The van der Waals surface area contributed by atoms with Crippen LogP contribution in [0.5, 0.6) is 5.75 Å². The third-order valence-electron chi connectivity index (χ3n) is 3.31. The normalized spacial score (nSPS) is 12.4. The average Bonchev–Trinajstić information content (AvgIpc) is 2.40. The van der Waals surface area contributed by atoms with Gasteiger partial charge in [-0.15, -0.1) is 0 Å². The molecule has 0 amide bonds. The second-order valence-electron chi connectivity index (χ2n) is 4.77. The Hall–Kier alpha value is -1.02. The molecule has 1 aromatic rings. The fourth-order valence-electron chi connectivity index (χ4n) is 2.34. The maximum Gasteiger partial charge on any atom is 0.122 e. The molecular formula is C16H27NO. The summed E-state index contributed by atoms with van der Waals surface area (Å²) in [6.45, 7) is 5.46. The van der Waals surface area contributed by atoms with Crippen LogP contribution in [0.3, 0.4) is 0 Å². The number of unbranched alkanes of at least 4 members (excludes halogenated alkanes) is 2. The number of para-hydroxylation sites is 1. The molecule has 1 aromatic carbocycles. The Balaban J connectivity index is 2.58. The summed E-state index contributed by atoms with van der Waals surface area (Å²) in [4.78, 5) is 0. The first kappa shape index (κ1) is 15.0. The summed E-state index contributed by atoms with van der Waals surface area (Å²) in [5, 5.41) is 3.59. The van der Waals surface area contributed by atoms with E-state index in [1.54, 1.807) is 7.11 Å². The Morgan fingerprint density at radius 2 is 1.94 bits per heavy atom. The number of ether oxygens (including phenoxy) is 1. The molecule has 0 aliphatic heterocycles. The summed E-state index contributed by atoms with van der Waals surface area (Å²) < 4.78 is 5.42. The molecule has 1 unspecified atom stereocenters. The standard InChI is InChI=1S/C16H27NO/c1-4-6-7-11-15(17-5-2)13-14-10-8-9-12-16(14)18-3/h8-10,12,15,17H,4-7,11,13H2,1-3H3. The molecule has 0 heterocycles. The lowest BCUT2D eigenvalue weighted by atomic mass is 9.99. The first-order chi connectivity index (χ1) is 8.81. The lowest BCUT2D eigenvalue weighted by Gasteiger charge is -2.19. The predicted molar refractivity (Wildman–Crippen MR) is 78.3 cm³/mol. The van der Waals surface area contributed by atoms with Gasteiger partial charge in [0.15, 0.2) is 0 Å². The van der Waals surface area contributed by atoms with Crippen molar-refractivity contribution in [3.05, 3.63) is 29.8 Å². The van der Waals surface area contributed by atoms with Crippen molar-refractivity contribution in [1.29, 1.82) is 0 Å². The van der Waals surface area contributed by atoms with Crippen molar-refractivity contribution in [2.24, 2.45) is 0 Å². The topological polar surface area (TPSA) is 21.3 Å². The monoisotopic (exact) mass is 249 g/mol. The zero-order valence-corrected chi connectivity index (χ0v) is 12.0. The van der Waals surface area contributed by atoms with E-state index in [9.17, 15) is 0 Å². The van der Waals surface area contributed by atoms with Gasteiger partial charge in [0, 0.05) is 6.04 Å². The van der Waals surface area contributed by atoms with Crippen LogP contribution >= 0.6 is 0 Å². The molecule has 0 fully saturated rings. The van der Waals surface area contributed by atoms with Gasteiger partial charge in [-0.2, -0.15) is 0 Å². The Kier molecular flexibility index (Phi) is 7.51. The minimum Gasteiger partial charge on any atom is -0.496 e. The molecular weight excluding hydrogens is 222 g/mol. The minimum absolute atomic E-state index is 0.567. The second-order valence-corrected chi connectivity index (χ2v) is 4.77. The van der Waals surface area contributed by atoms with Gasteiger partial charge in [-0.25, -0.2) is 0 Å². The van der Waals surface area contributed by atoms with Gasteiger partial charge in [-0.1, -0.05) is 51.3 Å². The van der Waals surface area contributed by atoms with E-state index in [2.05, 4.69) is 31.3 Å². The van der Waals surface area contributed by atoms with E-state index in [1.807, 2.05) is 12.1 Å². The van der Waals surface area contributed by atoms with E-state index in [0.717, 1.165) is 18.7 Å². The highest BCUT2D eigenvalue weighted by Gasteiger charge is 2.10. The number of rotatable bonds is 9. The van der Waals surface area contributed by atoms with Gasteiger partial charge in [-0.05, 0) is 31.0 Å². The van der Waals surface area contributed by atoms with E-state index >= 15 is 0 Å². The molecule has 18 heavy (non-hydrogen) atoms. The lowest BCUT2D eigenvalue weighted by molar-refractivity contribution is 0.401. The summed E-state index contributed by atoms with van der Waals surface area (Å²) in [5.74, 6) is 1.01. The molecule has 1 rings (SSSR count). The molecule has 0 bridgehead atoms. The van der Waals surface area contributed by atoms with Crippen LogP contribution in [0.2, 0.25) is 0 Å². The van der Waals surface area contributed by atoms with Gasteiger partial charge in [0.25, 0.3) is 0 Å². The van der Waals surface area contributed by atoms with Crippen LogP contribution in [0, 0.1) is 0 Å². The molecule has 0 aliphatic carbocycles. The van der Waals surface area contributed by atoms with Crippen molar-refractivity contribution in [2.45, 2.75) is 52.0 Å². The molecule has 1 N–H and O–H groups in total. The molecule has 1 atom stereocenters. The molecule has 0 spiro atoms. The van der Waals surface area contributed by atoms with Gasteiger partial charge < -0.3 is 10.1 Å². The maximum atomic E-state index is 5.42. The maximum absolute atomic E-state index is 5.42. The summed E-state index contributed by atoms with van der Waals surface area (Å²) in [7, 11) is 1.75. The summed E-state index contributed by atoms with van der Waals surface area (Å²) in [6.07, 6.45) is 6.23. The predicted octanol–water partition coefficient (Wildman–Crippen LogP) is 3.80. The molecule has 0 saturated heterocycles. The highest BCUT2D eigenvalue weighted by Crippen LogP contribution is 2.20. The number of likely N-dealkylation sites (N-methyl/N-ethyl adjacent to an activating group) is 1. The molecule has 2 nitrogen and oxygen atoms in total. The SMILES string of the molecule is CCCCCC(Cc1ccccc1OC)NCC. The Bertz CT molecular complexity index is 325. The highest BCUT2D eigenvalue weighted by atomic mass is 16.5. The fraction of sp³-hybridized carbons (Fsp3) is 0.625. The van der Waals surface area contributed by atoms with Crippen LogP contribution in [-0.2, 0) is 6.42 Å². The van der Waals surface area contributed by atoms with Gasteiger partial charge >= 0.3 is 0 Å². The van der Waals surface area contributed by atoms with Crippen molar-refractivity contribution in [1.82, 2.24) is 5.32 Å². The van der Waals surface area contributed by atoms with Crippen LogP contribution in [0.15, 0.2) is 24.3 Å². The van der Waals surface area contributed by atoms with E-state index in [0.29, 0.717) is 6.04 Å². The molecule has 0 saturated carbocycles. The molecule has 2 heteroatoms. The Labute approximate surface area is 112 Å². The summed E-state index contributed by atoms with van der Waals surface area (Å²) >= 11 is 0. The number of nitrogens with one attached hydrogen (secondary N) is 1. The lowest BCUT2D eigenvalue weighted by Crippen LogP contribution is -2.31. The number of hydrogen-bond acceptors (Lipinski definition) is 2. The van der Waals surface area contributed by atoms with Crippen molar-refractivity contribution in [2.75, 3.05) is 13.7 Å². The van der Waals surface area contributed by atoms with Crippen LogP contribution < -0.4 is 10.1 Å². The van der Waals surface area contributed by atoms with E-state index < -0.39 is 0 Å². The van der Waals surface area contributed by atoms with Crippen LogP contribution in [0.1, 0.15) is 45.1 Å². The van der Waals surface area contributed by atoms with Gasteiger partial charge in [0.05, 0.1) is 7.11 Å². The van der Waals surface area contributed by atoms with Gasteiger partial charge in [0.1, 0.15) is 5.75 Å². The van der Waals surface area contributed by atoms with Crippen molar-refractivity contribution in [3.63, 3.8) is 0 Å². The largest absolute Gasteiger partial charge is 0.496 e. The zero-order chi connectivity index (χ0) is 13.2. The first-order valence-corrected chi connectivity index (χ1v) is 7.17. The number of benzene rings is 1. The quantitative estimate of drug-likeness (QED) is 0.672. The van der Waals surface area contributed by atoms with Crippen LogP contribution in [0.25, 0.3) is 0 Å². The smallest absolute Gasteiger partial charge is 0.122 e. The average molecular weight is 249 g/mol. The zero-order valence-electron chi connectivity index (χ0n) is 12.0. The summed E-state index contributed by atoms with van der Waals surface area (Å²) in [6, 6.07) is 8.90. The van der Waals surface area contributed by atoms with Crippen molar-refractivity contribution < 1.29 is 4.74 Å². The van der Waals surface area contributed by atoms with Gasteiger partial charge in [0.2, 0.25) is 0 Å². The van der Waals surface area contributed by atoms with Crippen LogP contribution in [0.4, 0.5) is 0 Å². The first-order valence-electron chi connectivity index (χ1n) is 7.17. The second kappa shape index (κ2) is 8.98. The van der Waals surface area contributed by atoms with Crippen molar-refractivity contribution >= 4 is 0 Å². The Morgan fingerprint density at radius 1 is 1.17 bits per heavy atom.